The van der Waals surface area contributed by atoms with Crippen molar-refractivity contribution in [2.75, 3.05) is 18.6 Å². The number of aryl methyl sites for hydroxylation is 1. The second-order valence-electron chi connectivity index (χ2n) is 6.00. The van der Waals surface area contributed by atoms with Gasteiger partial charge in [0.25, 0.3) is 0 Å². The summed E-state index contributed by atoms with van der Waals surface area (Å²) >= 11 is 0. The van der Waals surface area contributed by atoms with Gasteiger partial charge in [-0.25, -0.2) is 0 Å². The first-order valence-electron chi connectivity index (χ1n) is 8.36. The maximum Gasteiger partial charge on any atom is 0.316 e. The minimum Gasteiger partial charge on any atom is -0.493 e. The van der Waals surface area contributed by atoms with Gasteiger partial charge in [0, 0.05) is 18.7 Å². The van der Waals surface area contributed by atoms with Crippen LogP contribution in [0.25, 0.3) is 0 Å². The molecule has 1 amide bonds. The van der Waals surface area contributed by atoms with E-state index in [0.29, 0.717) is 18.0 Å². The normalized spacial score (nSPS) is 16.8. The number of carbonyl (C=O) groups is 2. The van der Waals surface area contributed by atoms with Crippen LogP contribution in [0.5, 0.6) is 11.5 Å². The summed E-state index contributed by atoms with van der Waals surface area (Å²) in [5, 5.41) is 0. The van der Waals surface area contributed by atoms with E-state index in [1.165, 1.54) is 12.7 Å². The molecule has 0 bridgehead atoms. The molecule has 0 N–H and O–H groups in total. The Balaban J connectivity index is 1.70. The predicted octanol–water partition coefficient (Wildman–Crippen LogP) is 3.22. The van der Waals surface area contributed by atoms with Gasteiger partial charge in [-0.2, -0.15) is 0 Å². The second kappa shape index (κ2) is 7.38. The zero-order valence-electron chi connectivity index (χ0n) is 14.4. The molecule has 0 spiro atoms. The summed E-state index contributed by atoms with van der Waals surface area (Å²) < 4.78 is 10.6. The largest absolute Gasteiger partial charge is 0.493 e. The van der Waals surface area contributed by atoms with Crippen molar-refractivity contribution in [3.05, 3.63) is 54.1 Å². The van der Waals surface area contributed by atoms with Crippen molar-refractivity contribution < 1.29 is 19.1 Å². The third-order valence-corrected chi connectivity index (χ3v) is 4.39. The predicted molar refractivity (Wildman–Crippen MR) is 94.9 cm³/mol. The number of nitrogens with zero attached hydrogens (tertiary/aromatic N) is 1. The van der Waals surface area contributed by atoms with E-state index < -0.39 is 11.9 Å². The van der Waals surface area contributed by atoms with Gasteiger partial charge in [-0.05, 0) is 36.2 Å². The zero-order valence-corrected chi connectivity index (χ0v) is 14.4. The van der Waals surface area contributed by atoms with Crippen molar-refractivity contribution in [2.45, 2.75) is 19.8 Å². The van der Waals surface area contributed by atoms with E-state index in [-0.39, 0.29) is 12.3 Å². The van der Waals surface area contributed by atoms with Crippen molar-refractivity contribution in [2.24, 2.45) is 5.92 Å². The highest BCUT2D eigenvalue weighted by molar-refractivity contribution is 5.99. The summed E-state index contributed by atoms with van der Waals surface area (Å²) in [5.41, 5.74) is 2.03. The van der Waals surface area contributed by atoms with Crippen LogP contribution in [0.1, 0.15) is 18.9 Å². The number of para-hydroxylation sites is 2. The third kappa shape index (κ3) is 3.65. The van der Waals surface area contributed by atoms with Crippen LogP contribution in [0, 0.1) is 5.92 Å². The highest BCUT2D eigenvalue weighted by Gasteiger charge is 2.36. The SMILES string of the molecule is CCc1ccc(N2CC(C(=O)Oc3ccccc3OC)CC2=O)cc1. The van der Waals surface area contributed by atoms with Gasteiger partial charge in [0.05, 0.1) is 13.0 Å². The molecule has 1 fully saturated rings. The summed E-state index contributed by atoms with van der Waals surface area (Å²) in [6.07, 6.45) is 1.10. The van der Waals surface area contributed by atoms with Gasteiger partial charge in [-0.1, -0.05) is 31.2 Å². The Morgan fingerprint density at radius 1 is 1.12 bits per heavy atom. The fourth-order valence-electron chi connectivity index (χ4n) is 2.92. The van der Waals surface area contributed by atoms with Crippen molar-refractivity contribution in [1.29, 1.82) is 0 Å². The fourth-order valence-corrected chi connectivity index (χ4v) is 2.92. The Kier molecular flexibility index (Phi) is 5.03. The van der Waals surface area contributed by atoms with Gasteiger partial charge in [0.2, 0.25) is 5.91 Å². The molecule has 2 aromatic rings. The Hall–Kier alpha value is -2.82. The molecule has 1 saturated heterocycles. The minimum absolute atomic E-state index is 0.0637. The Morgan fingerprint density at radius 3 is 2.44 bits per heavy atom. The van der Waals surface area contributed by atoms with Crippen molar-refractivity contribution >= 4 is 17.6 Å². The number of anilines is 1. The first-order valence-corrected chi connectivity index (χ1v) is 8.36. The van der Waals surface area contributed by atoms with Crippen molar-refractivity contribution in [1.82, 2.24) is 0 Å². The molecule has 1 unspecified atom stereocenters. The lowest BCUT2D eigenvalue weighted by atomic mass is 10.1. The maximum atomic E-state index is 12.4. The van der Waals surface area contributed by atoms with Crippen LogP contribution < -0.4 is 14.4 Å². The highest BCUT2D eigenvalue weighted by atomic mass is 16.6. The summed E-state index contributed by atoms with van der Waals surface area (Å²) in [6.45, 7) is 2.41. The number of esters is 1. The molecule has 0 saturated carbocycles. The molecule has 2 aromatic carbocycles. The smallest absolute Gasteiger partial charge is 0.316 e. The van der Waals surface area contributed by atoms with Crippen LogP contribution >= 0.6 is 0 Å². The summed E-state index contributed by atoms with van der Waals surface area (Å²) in [7, 11) is 1.52. The van der Waals surface area contributed by atoms with Crippen molar-refractivity contribution in [3.63, 3.8) is 0 Å². The lowest BCUT2D eigenvalue weighted by molar-refractivity contribution is -0.139. The number of hydrogen-bond donors (Lipinski definition) is 0. The molecule has 1 aliphatic rings. The lowest BCUT2D eigenvalue weighted by Gasteiger charge is -2.17. The van der Waals surface area contributed by atoms with E-state index >= 15 is 0 Å². The molecule has 5 heteroatoms. The first-order chi connectivity index (χ1) is 12.1. The van der Waals surface area contributed by atoms with E-state index in [2.05, 4.69) is 6.92 Å². The van der Waals surface area contributed by atoms with Crippen LogP contribution in [0.4, 0.5) is 5.69 Å². The van der Waals surface area contributed by atoms with E-state index in [1.807, 2.05) is 24.3 Å². The minimum atomic E-state index is -0.483. The molecule has 5 nitrogen and oxygen atoms in total. The number of amides is 1. The average molecular weight is 339 g/mol. The molecule has 1 atom stereocenters. The van der Waals surface area contributed by atoms with E-state index in [9.17, 15) is 9.59 Å². The van der Waals surface area contributed by atoms with Crippen LogP contribution in [-0.4, -0.2) is 25.5 Å². The zero-order chi connectivity index (χ0) is 17.8. The van der Waals surface area contributed by atoms with Gasteiger partial charge >= 0.3 is 5.97 Å². The van der Waals surface area contributed by atoms with Crippen LogP contribution in [-0.2, 0) is 16.0 Å². The van der Waals surface area contributed by atoms with E-state index in [1.54, 1.807) is 29.2 Å². The van der Waals surface area contributed by atoms with Crippen molar-refractivity contribution in [3.8, 4) is 11.5 Å². The Morgan fingerprint density at radius 2 is 1.80 bits per heavy atom. The molecule has 1 aliphatic heterocycles. The molecule has 0 aliphatic carbocycles. The topological polar surface area (TPSA) is 55.8 Å². The molecule has 0 aromatic heterocycles. The Labute approximate surface area is 147 Å². The van der Waals surface area contributed by atoms with Crippen LogP contribution in [0.3, 0.4) is 0 Å². The molecule has 130 valence electrons. The number of benzene rings is 2. The molecule has 3 rings (SSSR count). The van der Waals surface area contributed by atoms with E-state index in [4.69, 9.17) is 9.47 Å². The monoisotopic (exact) mass is 339 g/mol. The maximum absolute atomic E-state index is 12.4. The third-order valence-electron chi connectivity index (χ3n) is 4.39. The van der Waals surface area contributed by atoms with Crippen LogP contribution in [0.2, 0.25) is 0 Å². The fraction of sp³-hybridized carbons (Fsp3) is 0.300. The average Bonchev–Trinajstić information content (AvgIpc) is 3.04. The van der Waals surface area contributed by atoms with Gasteiger partial charge in [-0.15, -0.1) is 0 Å². The Bertz CT molecular complexity index is 770. The number of carbonyl (C=O) groups excluding carboxylic acids is 2. The summed E-state index contributed by atoms with van der Waals surface area (Å²) in [4.78, 5) is 26.4. The van der Waals surface area contributed by atoms with Gasteiger partial charge in [0.15, 0.2) is 11.5 Å². The number of hydrogen-bond acceptors (Lipinski definition) is 4. The van der Waals surface area contributed by atoms with Crippen LogP contribution in [0.15, 0.2) is 48.5 Å². The number of ether oxygens (including phenoxy) is 2. The van der Waals surface area contributed by atoms with Gasteiger partial charge in [-0.3, -0.25) is 9.59 Å². The molecule has 1 heterocycles. The summed E-state index contributed by atoms with van der Waals surface area (Å²) in [6, 6.07) is 14.8. The molecular weight excluding hydrogens is 318 g/mol. The molecular formula is C20H21NO4. The summed E-state index contributed by atoms with van der Waals surface area (Å²) in [5.74, 6) is -0.0969. The van der Waals surface area contributed by atoms with Gasteiger partial charge in [0.1, 0.15) is 0 Å². The quantitative estimate of drug-likeness (QED) is 0.620. The molecule has 25 heavy (non-hydrogen) atoms. The number of methoxy groups -OCH3 is 1. The van der Waals surface area contributed by atoms with E-state index in [0.717, 1.165) is 12.1 Å². The lowest BCUT2D eigenvalue weighted by Crippen LogP contribution is -2.27. The number of rotatable bonds is 5. The second-order valence-corrected chi connectivity index (χ2v) is 6.00. The highest BCUT2D eigenvalue weighted by Crippen LogP contribution is 2.30. The molecule has 0 radical (unpaired) electrons. The van der Waals surface area contributed by atoms with Gasteiger partial charge < -0.3 is 14.4 Å². The first kappa shape index (κ1) is 17.0. The standard InChI is InChI=1S/C20H21NO4/c1-3-14-8-10-16(11-9-14)21-13-15(12-19(21)22)20(23)25-18-7-5-4-6-17(18)24-2/h4-11,15H,3,12-13H2,1-2H3.